The van der Waals surface area contributed by atoms with Crippen molar-refractivity contribution >= 4 is 14.0 Å². The summed E-state index contributed by atoms with van der Waals surface area (Å²) in [5, 5.41) is 2.66. The predicted molar refractivity (Wildman–Crippen MR) is 95.5 cm³/mol. The number of carbonyl (C=O) groups excluding carboxylic acids is 1. The number of fused-ring (bicyclic) bond motifs is 1. The summed E-state index contributed by atoms with van der Waals surface area (Å²) in [4.78, 5) is 11.8. The molecular formula is C19H26FNOSi. The van der Waals surface area contributed by atoms with Crippen molar-refractivity contribution in [3.8, 4) is 11.5 Å². The Morgan fingerprint density at radius 1 is 1.09 bits per heavy atom. The first-order chi connectivity index (χ1) is 10.7. The maximum atomic E-state index is 14.2. The molecule has 1 aromatic rings. The Bertz CT molecular complexity index is 661. The minimum Gasteiger partial charge on any atom is -0.348 e. The molecule has 1 amide bonds. The van der Waals surface area contributed by atoms with Gasteiger partial charge >= 0.3 is 0 Å². The molecule has 0 saturated carbocycles. The Balaban J connectivity index is 2.50. The molecule has 2 rings (SSSR count). The lowest BCUT2D eigenvalue weighted by atomic mass is 10.1. The topological polar surface area (TPSA) is 29.1 Å². The van der Waals surface area contributed by atoms with Gasteiger partial charge in [-0.2, -0.15) is 0 Å². The second-order valence-corrected chi connectivity index (χ2v) is 12.9. The van der Waals surface area contributed by atoms with E-state index in [1.807, 2.05) is 0 Å². The zero-order chi connectivity index (χ0) is 17.4. The molecular weight excluding hydrogens is 305 g/mol. The number of hydrogen-bond donors (Lipinski definition) is 1. The standard InChI is InChI=1S/C19H26FNOSi/c1-12(2)23(13(3)4,14(5)6)8-7-15-9-16-17(18(20)10-15)11-21-19(16)22/h9-10,12-14H,11H2,1-6H3,(H,21,22). The molecule has 2 nitrogen and oxygen atoms in total. The molecule has 1 aliphatic heterocycles. The summed E-state index contributed by atoms with van der Waals surface area (Å²) < 4.78 is 14.2. The molecule has 4 heteroatoms. The summed E-state index contributed by atoms with van der Waals surface area (Å²) in [6.07, 6.45) is 0. The van der Waals surface area contributed by atoms with E-state index in [0.29, 0.717) is 33.3 Å². The second-order valence-electron chi connectivity index (χ2n) is 7.31. The summed E-state index contributed by atoms with van der Waals surface area (Å²) in [5.41, 5.74) is 6.65. The largest absolute Gasteiger partial charge is 0.348 e. The summed E-state index contributed by atoms with van der Waals surface area (Å²) in [5.74, 6) is 2.67. The Kier molecular flexibility index (Phi) is 5.00. The smallest absolute Gasteiger partial charge is 0.252 e. The third-order valence-corrected chi connectivity index (χ3v) is 11.4. The van der Waals surface area contributed by atoms with E-state index in [-0.39, 0.29) is 18.3 Å². The molecule has 1 heterocycles. The highest BCUT2D eigenvalue weighted by molar-refractivity contribution is 6.90. The van der Waals surface area contributed by atoms with Crippen LogP contribution in [0.15, 0.2) is 12.1 Å². The lowest BCUT2D eigenvalue weighted by Crippen LogP contribution is -2.43. The van der Waals surface area contributed by atoms with Gasteiger partial charge in [-0.15, -0.1) is 5.54 Å². The summed E-state index contributed by atoms with van der Waals surface area (Å²) in [6.45, 7) is 13.8. The van der Waals surface area contributed by atoms with Crippen LogP contribution in [0.25, 0.3) is 0 Å². The van der Waals surface area contributed by atoms with Crippen molar-refractivity contribution in [1.82, 2.24) is 5.32 Å². The molecule has 0 radical (unpaired) electrons. The van der Waals surface area contributed by atoms with Crippen LogP contribution in [-0.4, -0.2) is 14.0 Å². The number of halogens is 1. The van der Waals surface area contributed by atoms with E-state index in [1.54, 1.807) is 6.07 Å². The normalized spacial score (nSPS) is 14.1. The van der Waals surface area contributed by atoms with Gasteiger partial charge in [0.2, 0.25) is 0 Å². The van der Waals surface area contributed by atoms with Gasteiger partial charge in [0.05, 0.1) is 0 Å². The quantitative estimate of drug-likeness (QED) is 0.634. The molecule has 1 aliphatic rings. The lowest BCUT2D eigenvalue weighted by molar-refractivity contribution is 0.0965. The van der Waals surface area contributed by atoms with E-state index in [0.717, 1.165) is 0 Å². The average Bonchev–Trinajstić information content (AvgIpc) is 2.80. The molecule has 0 saturated heterocycles. The van der Waals surface area contributed by atoms with E-state index in [4.69, 9.17) is 0 Å². The Morgan fingerprint density at radius 3 is 2.17 bits per heavy atom. The summed E-state index contributed by atoms with van der Waals surface area (Å²) >= 11 is 0. The number of carbonyl (C=O) groups is 1. The number of benzene rings is 1. The van der Waals surface area contributed by atoms with Crippen LogP contribution in [0.2, 0.25) is 16.6 Å². The van der Waals surface area contributed by atoms with Crippen LogP contribution in [0.4, 0.5) is 4.39 Å². The highest BCUT2D eigenvalue weighted by Crippen LogP contribution is 2.40. The molecule has 124 valence electrons. The van der Waals surface area contributed by atoms with Crippen molar-refractivity contribution in [2.24, 2.45) is 0 Å². The second kappa shape index (κ2) is 6.49. The van der Waals surface area contributed by atoms with Gasteiger partial charge in [-0.1, -0.05) is 47.5 Å². The van der Waals surface area contributed by atoms with Crippen molar-refractivity contribution in [3.05, 3.63) is 34.6 Å². The molecule has 0 aliphatic carbocycles. The molecule has 0 fully saturated rings. The van der Waals surface area contributed by atoms with Crippen LogP contribution in [0.5, 0.6) is 0 Å². The highest BCUT2D eigenvalue weighted by Gasteiger charge is 2.41. The lowest BCUT2D eigenvalue weighted by Gasteiger charge is -2.38. The first kappa shape index (κ1) is 17.7. The Labute approximate surface area is 139 Å². The molecule has 0 atom stereocenters. The molecule has 0 bridgehead atoms. The van der Waals surface area contributed by atoms with Gasteiger partial charge in [0.15, 0.2) is 0 Å². The number of hydrogen-bond acceptors (Lipinski definition) is 1. The Hall–Kier alpha value is -1.60. The first-order valence-corrected chi connectivity index (χ1v) is 10.6. The van der Waals surface area contributed by atoms with Gasteiger partial charge in [0.25, 0.3) is 5.91 Å². The molecule has 0 spiro atoms. The van der Waals surface area contributed by atoms with Crippen molar-refractivity contribution in [3.63, 3.8) is 0 Å². The van der Waals surface area contributed by atoms with Gasteiger partial charge in [0, 0.05) is 23.2 Å². The van der Waals surface area contributed by atoms with Crippen LogP contribution in [0, 0.1) is 17.3 Å². The monoisotopic (exact) mass is 331 g/mol. The first-order valence-electron chi connectivity index (χ1n) is 8.34. The maximum Gasteiger partial charge on any atom is 0.252 e. The van der Waals surface area contributed by atoms with Crippen LogP contribution >= 0.6 is 0 Å². The van der Waals surface area contributed by atoms with Crippen molar-refractivity contribution in [2.45, 2.75) is 64.7 Å². The third-order valence-electron chi connectivity index (χ3n) is 5.16. The minimum atomic E-state index is -1.85. The molecule has 1 aromatic carbocycles. The zero-order valence-corrected chi connectivity index (χ0v) is 15.9. The van der Waals surface area contributed by atoms with Gasteiger partial charge in [-0.3, -0.25) is 4.79 Å². The summed E-state index contributed by atoms with van der Waals surface area (Å²) in [6, 6.07) is 3.19. The van der Waals surface area contributed by atoms with E-state index >= 15 is 0 Å². The molecule has 0 unspecified atom stereocenters. The zero-order valence-electron chi connectivity index (χ0n) is 14.9. The van der Waals surface area contributed by atoms with Crippen LogP contribution < -0.4 is 5.32 Å². The third kappa shape index (κ3) is 3.07. The molecule has 1 N–H and O–H groups in total. The highest BCUT2D eigenvalue weighted by atomic mass is 28.3. The van der Waals surface area contributed by atoms with Gasteiger partial charge in [-0.25, -0.2) is 4.39 Å². The summed E-state index contributed by atoms with van der Waals surface area (Å²) in [7, 11) is -1.85. The van der Waals surface area contributed by atoms with E-state index in [1.165, 1.54) is 6.07 Å². The number of rotatable bonds is 3. The van der Waals surface area contributed by atoms with Gasteiger partial charge in [0.1, 0.15) is 13.9 Å². The Morgan fingerprint density at radius 2 is 1.65 bits per heavy atom. The fraction of sp³-hybridized carbons (Fsp3) is 0.526. The fourth-order valence-corrected chi connectivity index (χ4v) is 9.20. The van der Waals surface area contributed by atoms with Gasteiger partial charge in [-0.05, 0) is 28.8 Å². The van der Waals surface area contributed by atoms with Crippen LogP contribution in [0.3, 0.4) is 0 Å². The van der Waals surface area contributed by atoms with E-state index in [9.17, 15) is 9.18 Å². The van der Waals surface area contributed by atoms with Crippen molar-refractivity contribution < 1.29 is 9.18 Å². The number of amides is 1. The van der Waals surface area contributed by atoms with Crippen LogP contribution in [-0.2, 0) is 6.54 Å². The SMILES string of the molecule is CC(C)[Si](C#Cc1cc(F)c2c(c1)C(=O)NC2)(C(C)C)C(C)C. The molecule has 23 heavy (non-hydrogen) atoms. The van der Waals surface area contributed by atoms with E-state index < -0.39 is 8.07 Å². The minimum absolute atomic E-state index is 0.206. The number of nitrogens with one attached hydrogen (secondary N) is 1. The van der Waals surface area contributed by atoms with E-state index in [2.05, 4.69) is 58.3 Å². The predicted octanol–water partition coefficient (Wildman–Crippen LogP) is 4.64. The van der Waals surface area contributed by atoms with Crippen molar-refractivity contribution in [1.29, 1.82) is 0 Å². The molecule has 0 aromatic heterocycles. The van der Waals surface area contributed by atoms with Gasteiger partial charge < -0.3 is 5.32 Å². The van der Waals surface area contributed by atoms with Crippen LogP contribution in [0.1, 0.15) is 63.0 Å². The fourth-order valence-electron chi connectivity index (χ4n) is 3.97. The van der Waals surface area contributed by atoms with Crippen molar-refractivity contribution in [2.75, 3.05) is 0 Å². The average molecular weight is 332 g/mol. The maximum absolute atomic E-state index is 14.2.